The summed E-state index contributed by atoms with van der Waals surface area (Å²) in [7, 11) is 0. The summed E-state index contributed by atoms with van der Waals surface area (Å²) in [6.45, 7) is 9.40. The highest BCUT2D eigenvalue weighted by molar-refractivity contribution is 5.96. The Bertz CT molecular complexity index is 782. The molecule has 0 aromatic heterocycles. The van der Waals surface area contributed by atoms with Crippen LogP contribution in [-0.2, 0) is 9.63 Å². The standard InChI is InChI=1S/C23H28N2O3/c1-5-12-19(17-13-8-6-9-14-17)25-28-22(27)20(23(2,3)4)24-21(26)18-15-10-7-11-16-18/h5-11,13-16,19-20,25H,1,12H2,2-4H3,(H,24,26)/t19?,20-/m1/s1. The fourth-order valence-corrected chi connectivity index (χ4v) is 2.73. The Morgan fingerprint density at radius 2 is 1.61 bits per heavy atom. The fraction of sp³-hybridized carbons (Fsp3) is 0.304. The highest BCUT2D eigenvalue weighted by Crippen LogP contribution is 2.22. The zero-order chi connectivity index (χ0) is 20.6. The maximum atomic E-state index is 12.8. The minimum atomic E-state index is -0.812. The topological polar surface area (TPSA) is 67.4 Å². The third kappa shape index (κ3) is 6.06. The highest BCUT2D eigenvalue weighted by Gasteiger charge is 2.35. The Morgan fingerprint density at radius 1 is 1.04 bits per heavy atom. The molecule has 2 aromatic carbocycles. The summed E-state index contributed by atoms with van der Waals surface area (Å²) in [5.41, 5.74) is 3.78. The van der Waals surface area contributed by atoms with E-state index < -0.39 is 17.4 Å². The number of amides is 1. The highest BCUT2D eigenvalue weighted by atomic mass is 16.7. The van der Waals surface area contributed by atoms with Gasteiger partial charge in [-0.05, 0) is 29.5 Å². The van der Waals surface area contributed by atoms with Crippen LogP contribution in [0, 0.1) is 5.41 Å². The Morgan fingerprint density at radius 3 is 2.14 bits per heavy atom. The van der Waals surface area contributed by atoms with Gasteiger partial charge < -0.3 is 10.2 Å². The lowest BCUT2D eigenvalue weighted by atomic mass is 9.86. The lowest BCUT2D eigenvalue weighted by Gasteiger charge is -2.30. The van der Waals surface area contributed by atoms with Gasteiger partial charge in [-0.25, -0.2) is 4.79 Å². The van der Waals surface area contributed by atoms with E-state index in [0.29, 0.717) is 12.0 Å². The Balaban J connectivity index is 2.08. The van der Waals surface area contributed by atoms with Crippen LogP contribution in [-0.4, -0.2) is 17.9 Å². The third-order valence-electron chi connectivity index (χ3n) is 4.32. The van der Waals surface area contributed by atoms with Crippen LogP contribution in [0.1, 0.15) is 49.2 Å². The lowest BCUT2D eigenvalue weighted by Crippen LogP contribution is -2.51. The molecular formula is C23H28N2O3. The number of hydrogen-bond donors (Lipinski definition) is 2. The van der Waals surface area contributed by atoms with Crippen molar-refractivity contribution in [1.82, 2.24) is 10.8 Å². The van der Waals surface area contributed by atoms with Gasteiger partial charge in [-0.3, -0.25) is 4.79 Å². The molecule has 1 unspecified atom stereocenters. The fourth-order valence-electron chi connectivity index (χ4n) is 2.73. The first kappa shape index (κ1) is 21.4. The molecule has 2 atom stereocenters. The molecule has 5 heteroatoms. The number of carbonyl (C=O) groups excluding carboxylic acids is 2. The minimum Gasteiger partial charge on any atom is -0.368 e. The molecule has 2 N–H and O–H groups in total. The minimum absolute atomic E-state index is 0.215. The van der Waals surface area contributed by atoms with Crippen LogP contribution < -0.4 is 10.8 Å². The molecule has 0 fully saturated rings. The Hall–Kier alpha value is -2.92. The molecule has 148 valence electrons. The SMILES string of the molecule is C=CCC(NOC(=O)[C@@H](NC(=O)c1ccccc1)C(C)(C)C)c1ccccc1. The molecule has 1 amide bonds. The largest absolute Gasteiger partial charge is 0.368 e. The van der Waals surface area contributed by atoms with Crippen molar-refractivity contribution in [3.05, 3.63) is 84.4 Å². The van der Waals surface area contributed by atoms with Crippen molar-refractivity contribution in [3.8, 4) is 0 Å². The monoisotopic (exact) mass is 380 g/mol. The van der Waals surface area contributed by atoms with E-state index in [-0.39, 0.29) is 11.9 Å². The van der Waals surface area contributed by atoms with Crippen LogP contribution in [0.15, 0.2) is 73.3 Å². The zero-order valence-electron chi connectivity index (χ0n) is 16.6. The summed E-state index contributed by atoms with van der Waals surface area (Å²) in [6, 6.07) is 17.4. The van der Waals surface area contributed by atoms with E-state index in [2.05, 4.69) is 17.4 Å². The van der Waals surface area contributed by atoms with Gasteiger partial charge in [0.25, 0.3) is 5.91 Å². The number of benzene rings is 2. The molecule has 0 saturated heterocycles. The first-order valence-corrected chi connectivity index (χ1v) is 9.31. The first-order chi connectivity index (χ1) is 13.3. The molecule has 2 aromatic rings. The van der Waals surface area contributed by atoms with Crippen LogP contribution in [0.25, 0.3) is 0 Å². The van der Waals surface area contributed by atoms with Crippen LogP contribution in [0.5, 0.6) is 0 Å². The second kappa shape index (κ2) is 9.85. The number of hydroxylamine groups is 1. The predicted octanol–water partition coefficient (Wildman–Crippen LogP) is 4.20. The van der Waals surface area contributed by atoms with E-state index in [1.54, 1.807) is 30.3 Å². The van der Waals surface area contributed by atoms with Crippen molar-refractivity contribution >= 4 is 11.9 Å². The molecule has 0 aliphatic rings. The van der Waals surface area contributed by atoms with Crippen molar-refractivity contribution in [1.29, 1.82) is 0 Å². The third-order valence-corrected chi connectivity index (χ3v) is 4.32. The molecule has 0 spiro atoms. The Kier molecular flexibility index (Phi) is 7.52. The summed E-state index contributed by atoms with van der Waals surface area (Å²) < 4.78 is 0. The Labute approximate surface area is 166 Å². The van der Waals surface area contributed by atoms with Gasteiger partial charge in [0.05, 0.1) is 6.04 Å². The van der Waals surface area contributed by atoms with Crippen molar-refractivity contribution in [3.63, 3.8) is 0 Å². The van der Waals surface area contributed by atoms with Gasteiger partial charge in [0.1, 0.15) is 6.04 Å². The molecule has 0 saturated carbocycles. The van der Waals surface area contributed by atoms with Crippen molar-refractivity contribution in [2.45, 2.75) is 39.3 Å². The van der Waals surface area contributed by atoms with Crippen LogP contribution in [0.2, 0.25) is 0 Å². The normalized spacial score (nSPS) is 13.2. The van der Waals surface area contributed by atoms with E-state index >= 15 is 0 Å². The molecular weight excluding hydrogens is 352 g/mol. The van der Waals surface area contributed by atoms with Crippen molar-refractivity contribution < 1.29 is 14.4 Å². The van der Waals surface area contributed by atoms with Crippen LogP contribution in [0.4, 0.5) is 0 Å². The van der Waals surface area contributed by atoms with Gasteiger partial charge in [0, 0.05) is 5.56 Å². The quantitative estimate of drug-likeness (QED) is 0.532. The maximum Gasteiger partial charge on any atom is 0.347 e. The summed E-state index contributed by atoms with van der Waals surface area (Å²) in [6.07, 6.45) is 2.35. The average Bonchev–Trinajstić information content (AvgIpc) is 2.69. The van der Waals surface area contributed by atoms with Gasteiger partial charge in [0.2, 0.25) is 0 Å². The van der Waals surface area contributed by atoms with Gasteiger partial charge in [-0.2, -0.15) is 0 Å². The van der Waals surface area contributed by atoms with E-state index in [9.17, 15) is 9.59 Å². The molecule has 0 radical (unpaired) electrons. The number of rotatable bonds is 8. The summed E-state index contributed by atoms with van der Waals surface area (Å²) in [5.74, 6) is -0.857. The van der Waals surface area contributed by atoms with Crippen molar-refractivity contribution in [2.75, 3.05) is 0 Å². The molecule has 0 heterocycles. The maximum absolute atomic E-state index is 12.8. The second-order valence-electron chi connectivity index (χ2n) is 7.67. The van der Waals surface area contributed by atoms with Gasteiger partial charge in [-0.1, -0.05) is 75.4 Å². The van der Waals surface area contributed by atoms with Crippen LogP contribution in [0.3, 0.4) is 0 Å². The van der Waals surface area contributed by atoms with Crippen LogP contribution >= 0.6 is 0 Å². The smallest absolute Gasteiger partial charge is 0.347 e. The molecule has 2 rings (SSSR count). The van der Waals surface area contributed by atoms with Crippen molar-refractivity contribution in [2.24, 2.45) is 5.41 Å². The van der Waals surface area contributed by atoms with E-state index in [1.807, 2.05) is 57.2 Å². The number of nitrogens with one attached hydrogen (secondary N) is 2. The van der Waals surface area contributed by atoms with E-state index in [1.165, 1.54) is 0 Å². The molecule has 0 bridgehead atoms. The number of hydrogen-bond acceptors (Lipinski definition) is 4. The van der Waals surface area contributed by atoms with Gasteiger partial charge in [0.15, 0.2) is 0 Å². The summed E-state index contributed by atoms with van der Waals surface area (Å²) >= 11 is 0. The van der Waals surface area contributed by atoms with E-state index in [0.717, 1.165) is 5.56 Å². The first-order valence-electron chi connectivity index (χ1n) is 9.31. The second-order valence-corrected chi connectivity index (χ2v) is 7.67. The van der Waals surface area contributed by atoms with Gasteiger partial charge in [-0.15, -0.1) is 12.1 Å². The molecule has 28 heavy (non-hydrogen) atoms. The van der Waals surface area contributed by atoms with E-state index in [4.69, 9.17) is 4.84 Å². The molecule has 0 aliphatic carbocycles. The zero-order valence-corrected chi connectivity index (χ0v) is 16.6. The lowest BCUT2D eigenvalue weighted by molar-refractivity contribution is -0.158. The predicted molar refractivity (Wildman–Crippen MR) is 110 cm³/mol. The molecule has 0 aliphatic heterocycles. The van der Waals surface area contributed by atoms with Gasteiger partial charge >= 0.3 is 5.97 Å². The summed E-state index contributed by atoms with van der Waals surface area (Å²) in [4.78, 5) is 30.7. The average molecular weight is 380 g/mol. The number of carbonyl (C=O) groups is 2. The summed E-state index contributed by atoms with van der Waals surface area (Å²) in [5, 5.41) is 2.79. The molecule has 5 nitrogen and oxygen atoms in total.